The summed E-state index contributed by atoms with van der Waals surface area (Å²) in [6, 6.07) is 7.35. The number of aromatic nitrogens is 2. The van der Waals surface area contributed by atoms with Crippen molar-refractivity contribution in [1.82, 2.24) is 14.7 Å². The van der Waals surface area contributed by atoms with Crippen LogP contribution in [0.1, 0.15) is 63.2 Å². The standard InChI is InChI=1S/C27H22ClF4N3O5/c1-13-11-34(25(38)39)12-19-20(13)22(15-7-6-14(10-18(15)29)24(37)40-2)33-35(19)23(36)21-16(4-3-5-17(21)28)26(8-9-26)27(30,31)32/h3-7,10,13H,8-9,11-12H2,1-2H3,(H,38,39). The number of alkyl halides is 3. The normalized spacial score (nSPS) is 17.8. The van der Waals surface area contributed by atoms with Crippen LogP contribution in [-0.2, 0) is 16.7 Å². The molecule has 1 N–H and O–H groups in total. The maximum absolute atomic E-state index is 15.3. The molecular weight excluding hydrogens is 558 g/mol. The summed E-state index contributed by atoms with van der Waals surface area (Å²) in [5, 5.41) is 13.8. The van der Waals surface area contributed by atoms with Crippen LogP contribution >= 0.6 is 11.6 Å². The van der Waals surface area contributed by atoms with Gasteiger partial charge in [-0.15, -0.1) is 0 Å². The van der Waals surface area contributed by atoms with Gasteiger partial charge < -0.3 is 14.7 Å². The van der Waals surface area contributed by atoms with Crippen molar-refractivity contribution in [2.75, 3.05) is 13.7 Å². The number of fused-ring (bicyclic) bond motifs is 1. The Morgan fingerprint density at radius 1 is 1.18 bits per heavy atom. The number of benzene rings is 2. The van der Waals surface area contributed by atoms with Crippen LogP contribution in [0.5, 0.6) is 0 Å². The molecule has 40 heavy (non-hydrogen) atoms. The first-order valence-corrected chi connectivity index (χ1v) is 12.6. The minimum Gasteiger partial charge on any atom is -0.465 e. The predicted molar refractivity (Wildman–Crippen MR) is 134 cm³/mol. The number of hydrogen-bond donors (Lipinski definition) is 1. The van der Waals surface area contributed by atoms with Crippen molar-refractivity contribution in [2.24, 2.45) is 0 Å². The van der Waals surface area contributed by atoms with Crippen molar-refractivity contribution >= 4 is 29.6 Å². The third kappa shape index (κ3) is 4.30. The van der Waals surface area contributed by atoms with E-state index in [0.717, 1.165) is 22.8 Å². The zero-order chi connectivity index (χ0) is 29.1. The van der Waals surface area contributed by atoms with E-state index in [4.69, 9.17) is 11.6 Å². The summed E-state index contributed by atoms with van der Waals surface area (Å²) in [6.07, 6.45) is -6.36. The molecule has 8 nitrogen and oxygen atoms in total. The van der Waals surface area contributed by atoms with Gasteiger partial charge in [-0.1, -0.05) is 30.7 Å². The van der Waals surface area contributed by atoms with Gasteiger partial charge in [0.25, 0.3) is 5.91 Å². The van der Waals surface area contributed by atoms with E-state index in [1.54, 1.807) is 6.92 Å². The third-order valence-corrected chi connectivity index (χ3v) is 7.81. The summed E-state index contributed by atoms with van der Waals surface area (Å²) in [4.78, 5) is 38.7. The average Bonchev–Trinajstić information content (AvgIpc) is 3.63. The van der Waals surface area contributed by atoms with Gasteiger partial charge in [0.05, 0.1) is 46.6 Å². The van der Waals surface area contributed by atoms with Gasteiger partial charge in [0, 0.05) is 23.6 Å². The number of ether oxygens (including phenoxy) is 1. The first-order chi connectivity index (χ1) is 18.8. The highest BCUT2D eigenvalue weighted by Crippen LogP contribution is 2.60. The molecule has 210 valence electrons. The molecule has 3 aromatic rings. The van der Waals surface area contributed by atoms with Crippen LogP contribution in [0, 0.1) is 5.82 Å². The minimum atomic E-state index is -4.64. The molecule has 5 rings (SSSR count). The first kappa shape index (κ1) is 27.6. The van der Waals surface area contributed by atoms with Crippen molar-refractivity contribution in [3.8, 4) is 11.3 Å². The molecule has 0 spiro atoms. The highest BCUT2D eigenvalue weighted by atomic mass is 35.5. The fourth-order valence-corrected chi connectivity index (χ4v) is 5.60. The lowest BCUT2D eigenvalue weighted by atomic mass is 9.89. The molecule has 2 aliphatic rings. The van der Waals surface area contributed by atoms with E-state index in [2.05, 4.69) is 9.84 Å². The number of rotatable bonds is 4. The van der Waals surface area contributed by atoms with Crippen LogP contribution in [-0.4, -0.2) is 57.6 Å². The van der Waals surface area contributed by atoms with Gasteiger partial charge in [-0.3, -0.25) is 4.79 Å². The zero-order valence-corrected chi connectivity index (χ0v) is 21.9. The summed E-state index contributed by atoms with van der Waals surface area (Å²) in [5.41, 5.74) is -2.65. The second-order valence-electron chi connectivity index (χ2n) is 9.92. The number of carbonyl (C=O) groups is 3. The van der Waals surface area contributed by atoms with Gasteiger partial charge in [-0.2, -0.15) is 23.0 Å². The molecule has 1 aliphatic heterocycles. The van der Waals surface area contributed by atoms with Crippen molar-refractivity contribution in [3.05, 3.63) is 75.2 Å². The van der Waals surface area contributed by atoms with E-state index in [9.17, 15) is 32.7 Å². The van der Waals surface area contributed by atoms with E-state index in [-0.39, 0.29) is 59.0 Å². The lowest BCUT2D eigenvalue weighted by molar-refractivity contribution is -0.160. The lowest BCUT2D eigenvalue weighted by Gasteiger charge is -2.30. The summed E-state index contributed by atoms with van der Waals surface area (Å²) >= 11 is 6.32. The minimum absolute atomic E-state index is 0.000338. The Balaban J connectivity index is 1.71. The predicted octanol–water partition coefficient (Wildman–Crippen LogP) is 6.01. The molecule has 2 heterocycles. The van der Waals surface area contributed by atoms with Crippen molar-refractivity contribution in [2.45, 2.75) is 43.8 Å². The number of carbonyl (C=O) groups excluding carboxylic acids is 2. The van der Waals surface area contributed by atoms with Crippen LogP contribution in [0.3, 0.4) is 0 Å². The Morgan fingerprint density at radius 2 is 1.88 bits per heavy atom. The third-order valence-electron chi connectivity index (χ3n) is 7.49. The Bertz CT molecular complexity index is 1560. The summed E-state index contributed by atoms with van der Waals surface area (Å²) in [7, 11) is 1.14. The highest BCUT2D eigenvalue weighted by molar-refractivity contribution is 6.34. The van der Waals surface area contributed by atoms with E-state index >= 15 is 4.39 Å². The number of esters is 1. The molecule has 1 atom stereocenters. The monoisotopic (exact) mass is 579 g/mol. The number of amides is 1. The smallest absolute Gasteiger partial charge is 0.407 e. The van der Waals surface area contributed by atoms with E-state index < -0.39 is 46.9 Å². The second-order valence-corrected chi connectivity index (χ2v) is 10.3. The first-order valence-electron chi connectivity index (χ1n) is 12.2. The van der Waals surface area contributed by atoms with E-state index in [0.29, 0.717) is 5.56 Å². The molecule has 1 amide bonds. The average molecular weight is 580 g/mol. The lowest BCUT2D eigenvalue weighted by Crippen LogP contribution is -2.38. The van der Waals surface area contributed by atoms with Crippen LogP contribution in [0.2, 0.25) is 5.02 Å². The number of halogens is 5. The van der Waals surface area contributed by atoms with Gasteiger partial charge in [0.1, 0.15) is 5.82 Å². The number of nitrogens with zero attached hydrogens (tertiary/aromatic N) is 3. The molecule has 1 aliphatic carbocycles. The molecule has 0 radical (unpaired) electrons. The topological polar surface area (TPSA) is 102 Å². The van der Waals surface area contributed by atoms with Gasteiger partial charge in [0.2, 0.25) is 0 Å². The summed E-state index contributed by atoms with van der Waals surface area (Å²) < 4.78 is 63.0. The van der Waals surface area contributed by atoms with Crippen LogP contribution in [0.25, 0.3) is 11.3 Å². The van der Waals surface area contributed by atoms with Gasteiger partial charge in [-0.05, 0) is 42.7 Å². The molecule has 0 bridgehead atoms. The SMILES string of the molecule is COC(=O)c1ccc(-c2nn(C(=O)c3c(Cl)cccc3C3(C(F)(F)F)CC3)c3c2C(C)CN(C(=O)O)C3)c(F)c1. The Labute approximate surface area is 230 Å². The molecule has 1 fully saturated rings. The van der Waals surface area contributed by atoms with E-state index in [1.807, 2.05) is 0 Å². The Hall–Kier alpha value is -3.93. The fourth-order valence-electron chi connectivity index (χ4n) is 5.34. The number of methoxy groups -OCH3 is 1. The molecule has 1 saturated carbocycles. The fraction of sp³-hybridized carbons (Fsp3) is 0.333. The largest absolute Gasteiger partial charge is 0.465 e. The second kappa shape index (κ2) is 9.61. The Morgan fingerprint density at radius 3 is 2.45 bits per heavy atom. The van der Waals surface area contributed by atoms with Crippen LogP contribution in [0.4, 0.5) is 22.4 Å². The van der Waals surface area contributed by atoms with Gasteiger partial charge >= 0.3 is 18.2 Å². The summed E-state index contributed by atoms with van der Waals surface area (Å²) in [6.45, 7) is 1.35. The van der Waals surface area contributed by atoms with Gasteiger partial charge in [0.15, 0.2) is 0 Å². The number of hydrogen-bond acceptors (Lipinski definition) is 5. The van der Waals surface area contributed by atoms with Crippen molar-refractivity contribution < 1.29 is 41.8 Å². The molecule has 1 unspecified atom stereocenters. The van der Waals surface area contributed by atoms with Crippen molar-refractivity contribution in [3.63, 3.8) is 0 Å². The molecule has 13 heteroatoms. The molecule has 0 saturated heterocycles. The Kier molecular flexibility index (Phi) is 6.64. The maximum Gasteiger partial charge on any atom is 0.407 e. The van der Waals surface area contributed by atoms with Crippen LogP contribution in [0.15, 0.2) is 36.4 Å². The van der Waals surface area contributed by atoms with E-state index in [1.165, 1.54) is 30.3 Å². The van der Waals surface area contributed by atoms with Crippen LogP contribution < -0.4 is 0 Å². The van der Waals surface area contributed by atoms with Crippen molar-refractivity contribution in [1.29, 1.82) is 0 Å². The molecule has 2 aromatic carbocycles. The van der Waals surface area contributed by atoms with Gasteiger partial charge in [-0.25, -0.2) is 14.0 Å². The zero-order valence-electron chi connectivity index (χ0n) is 21.2. The molecule has 1 aromatic heterocycles. The number of carboxylic acid groups (broad SMARTS) is 1. The highest BCUT2D eigenvalue weighted by Gasteiger charge is 2.65. The maximum atomic E-state index is 15.3. The molecular formula is C27H22ClF4N3O5. The quantitative estimate of drug-likeness (QED) is 0.300. The summed E-state index contributed by atoms with van der Waals surface area (Å²) in [5.74, 6) is -3.19.